The molecule has 0 bridgehead atoms. The highest BCUT2D eigenvalue weighted by molar-refractivity contribution is 7.96. The van der Waals surface area contributed by atoms with Crippen LogP contribution in [0.15, 0.2) is 54.6 Å². The van der Waals surface area contributed by atoms with E-state index < -0.39 is 30.1 Å². The van der Waals surface area contributed by atoms with Crippen LogP contribution in [0, 0.1) is 41.5 Å². The van der Waals surface area contributed by atoms with Gasteiger partial charge in [-0.15, -0.1) is 0 Å². The van der Waals surface area contributed by atoms with Gasteiger partial charge in [0, 0.05) is 16.7 Å². The van der Waals surface area contributed by atoms with Gasteiger partial charge in [0.25, 0.3) is 0 Å². The lowest BCUT2D eigenvalue weighted by Crippen LogP contribution is -2.21. The molecule has 4 nitrogen and oxygen atoms in total. The minimum atomic E-state index is -4.33. The standard InChI is InChI=1S/C28H29O4P/c1-17-12-19(3)25(20(4)13-17)27(30)33(32,16-24(29)23-10-8-7-9-11-23)28(31)26-21(5)14-18(2)15-22(26)6/h7-15H,16H2,1-6H3. The molecule has 0 spiro atoms. The van der Waals surface area contributed by atoms with E-state index in [9.17, 15) is 18.9 Å². The Hall–Kier alpha value is -3.10. The van der Waals surface area contributed by atoms with Gasteiger partial charge in [0.1, 0.15) is 0 Å². The lowest BCUT2D eigenvalue weighted by Gasteiger charge is -2.20. The van der Waals surface area contributed by atoms with Crippen molar-refractivity contribution in [1.29, 1.82) is 0 Å². The number of rotatable bonds is 7. The van der Waals surface area contributed by atoms with E-state index in [1.807, 2.05) is 38.1 Å². The third-order valence-electron chi connectivity index (χ3n) is 5.90. The topological polar surface area (TPSA) is 68.3 Å². The summed E-state index contributed by atoms with van der Waals surface area (Å²) in [6.45, 7) is 10.9. The molecular weight excluding hydrogens is 431 g/mol. The van der Waals surface area contributed by atoms with Crippen molar-refractivity contribution in [2.45, 2.75) is 41.5 Å². The van der Waals surface area contributed by atoms with Crippen molar-refractivity contribution in [2.75, 3.05) is 6.16 Å². The lowest BCUT2D eigenvalue weighted by atomic mass is 10.0. The molecule has 0 aliphatic rings. The van der Waals surface area contributed by atoms with Gasteiger partial charge in [-0.1, -0.05) is 65.7 Å². The first-order chi connectivity index (χ1) is 15.5. The Kier molecular flexibility index (Phi) is 7.00. The van der Waals surface area contributed by atoms with E-state index in [0.29, 0.717) is 27.8 Å². The SMILES string of the molecule is Cc1cc(C)c(C(=O)P(=O)(CC(=O)c2ccccc2)C(=O)c2c(C)cc(C)cc2C)c(C)c1. The monoisotopic (exact) mass is 460 g/mol. The quantitative estimate of drug-likeness (QED) is 0.288. The van der Waals surface area contributed by atoms with Crippen LogP contribution in [0.2, 0.25) is 0 Å². The summed E-state index contributed by atoms with van der Waals surface area (Å²) >= 11 is 0. The van der Waals surface area contributed by atoms with Crippen molar-refractivity contribution in [3.8, 4) is 0 Å². The van der Waals surface area contributed by atoms with Gasteiger partial charge in [0.2, 0.25) is 18.2 Å². The van der Waals surface area contributed by atoms with Crippen LogP contribution in [-0.4, -0.2) is 23.0 Å². The number of aryl methyl sites for hydroxylation is 6. The van der Waals surface area contributed by atoms with Crippen LogP contribution < -0.4 is 0 Å². The summed E-state index contributed by atoms with van der Waals surface area (Å²) in [5, 5.41) is 0. The highest BCUT2D eigenvalue weighted by Crippen LogP contribution is 2.54. The van der Waals surface area contributed by atoms with E-state index in [1.54, 1.807) is 58.0 Å². The number of carbonyl (C=O) groups excluding carboxylic acids is 3. The summed E-state index contributed by atoms with van der Waals surface area (Å²) in [5.41, 5.74) is 3.89. The molecule has 3 aromatic rings. The zero-order chi connectivity index (χ0) is 24.5. The van der Waals surface area contributed by atoms with E-state index in [4.69, 9.17) is 0 Å². The van der Waals surface area contributed by atoms with Gasteiger partial charge >= 0.3 is 0 Å². The van der Waals surface area contributed by atoms with Crippen LogP contribution in [0.4, 0.5) is 0 Å². The Bertz CT molecular complexity index is 1200. The maximum atomic E-state index is 14.5. The summed E-state index contributed by atoms with van der Waals surface area (Å²) in [6.07, 6.45) is -0.631. The maximum Gasteiger partial charge on any atom is 0.229 e. The van der Waals surface area contributed by atoms with Gasteiger partial charge < -0.3 is 4.57 Å². The summed E-state index contributed by atoms with van der Waals surface area (Å²) in [7, 11) is -4.33. The van der Waals surface area contributed by atoms with E-state index in [2.05, 4.69) is 0 Å². The molecule has 0 amide bonds. The molecule has 0 saturated heterocycles. The average Bonchev–Trinajstić information content (AvgIpc) is 2.72. The number of Topliss-reactive ketones (excluding diaryl/α,β-unsaturated/α-hetero) is 1. The molecule has 0 N–H and O–H groups in total. The highest BCUT2D eigenvalue weighted by atomic mass is 31.2. The molecule has 170 valence electrons. The smallest absolute Gasteiger partial charge is 0.229 e. The van der Waals surface area contributed by atoms with Crippen LogP contribution in [-0.2, 0) is 4.57 Å². The molecule has 0 radical (unpaired) electrons. The number of carbonyl (C=O) groups is 3. The first-order valence-corrected chi connectivity index (χ1v) is 12.8. The van der Waals surface area contributed by atoms with Crippen LogP contribution >= 0.6 is 7.14 Å². The molecule has 0 fully saturated rings. The molecule has 33 heavy (non-hydrogen) atoms. The van der Waals surface area contributed by atoms with Crippen molar-refractivity contribution < 1.29 is 18.9 Å². The molecule has 3 aromatic carbocycles. The van der Waals surface area contributed by atoms with Crippen LogP contribution in [0.25, 0.3) is 0 Å². The van der Waals surface area contributed by atoms with Crippen LogP contribution in [0.3, 0.4) is 0 Å². The molecule has 5 heteroatoms. The molecular formula is C28H29O4P. The molecule has 0 aliphatic carbocycles. The number of ketones is 1. The van der Waals surface area contributed by atoms with Gasteiger partial charge in [-0.25, -0.2) is 0 Å². The van der Waals surface area contributed by atoms with E-state index in [0.717, 1.165) is 11.1 Å². The van der Waals surface area contributed by atoms with E-state index in [-0.39, 0.29) is 11.1 Å². The Morgan fingerprint density at radius 2 is 1.00 bits per heavy atom. The van der Waals surface area contributed by atoms with Crippen LogP contribution in [0.1, 0.15) is 64.5 Å². The summed E-state index contributed by atoms with van der Waals surface area (Å²) < 4.78 is 14.5. The van der Waals surface area contributed by atoms with Gasteiger partial charge in [0.15, 0.2) is 5.78 Å². The largest absolute Gasteiger partial charge is 0.306 e. The number of hydrogen-bond donors (Lipinski definition) is 0. The van der Waals surface area contributed by atoms with Crippen molar-refractivity contribution in [2.24, 2.45) is 0 Å². The second kappa shape index (κ2) is 9.41. The first-order valence-electron chi connectivity index (χ1n) is 10.9. The molecule has 0 aromatic heterocycles. The Morgan fingerprint density at radius 3 is 1.36 bits per heavy atom. The first kappa shape index (κ1) is 24.5. The lowest BCUT2D eigenvalue weighted by molar-refractivity contribution is 0.0987. The average molecular weight is 461 g/mol. The van der Waals surface area contributed by atoms with Crippen molar-refractivity contribution >= 4 is 24.0 Å². The molecule has 0 unspecified atom stereocenters. The molecule has 0 saturated carbocycles. The van der Waals surface area contributed by atoms with Gasteiger partial charge in [-0.3, -0.25) is 14.4 Å². The normalized spacial score (nSPS) is 11.3. The summed E-state index contributed by atoms with van der Waals surface area (Å²) in [4.78, 5) is 40.8. The fraction of sp³-hybridized carbons (Fsp3) is 0.250. The second-order valence-electron chi connectivity index (χ2n) is 8.84. The minimum absolute atomic E-state index is 0.264. The molecule has 0 atom stereocenters. The van der Waals surface area contributed by atoms with Crippen molar-refractivity contribution in [3.63, 3.8) is 0 Å². The second-order valence-corrected chi connectivity index (χ2v) is 11.5. The van der Waals surface area contributed by atoms with E-state index >= 15 is 0 Å². The highest BCUT2D eigenvalue weighted by Gasteiger charge is 2.44. The molecule has 0 aliphatic heterocycles. The fourth-order valence-corrected chi connectivity index (χ4v) is 7.04. The van der Waals surface area contributed by atoms with E-state index in [1.165, 1.54) is 0 Å². The summed E-state index contributed by atoms with van der Waals surface area (Å²) in [6, 6.07) is 15.7. The number of benzene rings is 3. The Morgan fingerprint density at radius 1 is 0.636 bits per heavy atom. The predicted octanol–water partition coefficient (Wildman–Crippen LogP) is 6.76. The Balaban J connectivity index is 2.21. The van der Waals surface area contributed by atoms with Gasteiger partial charge in [0.05, 0.1) is 6.16 Å². The van der Waals surface area contributed by atoms with Crippen LogP contribution in [0.5, 0.6) is 0 Å². The Labute approximate surface area is 195 Å². The molecule has 3 rings (SSSR count). The maximum absolute atomic E-state index is 14.5. The zero-order valence-corrected chi connectivity index (χ0v) is 20.9. The number of hydrogen-bond acceptors (Lipinski definition) is 4. The third-order valence-corrected chi connectivity index (χ3v) is 8.39. The van der Waals surface area contributed by atoms with Crippen molar-refractivity contribution in [1.82, 2.24) is 0 Å². The fourth-order valence-electron chi connectivity index (χ4n) is 4.55. The molecule has 0 heterocycles. The summed E-state index contributed by atoms with van der Waals surface area (Å²) in [5.74, 6) is -0.481. The predicted molar refractivity (Wildman–Crippen MR) is 133 cm³/mol. The van der Waals surface area contributed by atoms with Crippen molar-refractivity contribution in [3.05, 3.63) is 105 Å². The zero-order valence-electron chi connectivity index (χ0n) is 20.0. The van der Waals surface area contributed by atoms with Gasteiger partial charge in [-0.2, -0.15) is 0 Å². The minimum Gasteiger partial charge on any atom is -0.306 e. The van der Waals surface area contributed by atoms with Gasteiger partial charge in [-0.05, 0) is 63.8 Å². The third kappa shape index (κ3) is 4.82.